The van der Waals surface area contributed by atoms with E-state index in [1.165, 1.54) is 29.2 Å². The molecular weight excluding hydrogens is 501 g/mol. The Kier molecular flexibility index (Phi) is 9.01. The van der Waals surface area contributed by atoms with Gasteiger partial charge in [0.1, 0.15) is 17.7 Å². The number of piperidine rings is 2. The highest BCUT2D eigenvalue weighted by molar-refractivity contribution is 6.05. The van der Waals surface area contributed by atoms with Crippen molar-refractivity contribution in [2.75, 3.05) is 19.6 Å². The van der Waals surface area contributed by atoms with Crippen molar-refractivity contribution in [2.24, 2.45) is 0 Å². The molecule has 0 radical (unpaired) electrons. The molecular formula is C27H31F3N4O4. The van der Waals surface area contributed by atoms with Crippen molar-refractivity contribution in [1.29, 1.82) is 0 Å². The lowest BCUT2D eigenvalue weighted by molar-refractivity contribution is -0.136. The second-order valence-corrected chi connectivity index (χ2v) is 9.64. The van der Waals surface area contributed by atoms with Gasteiger partial charge in [0.15, 0.2) is 5.75 Å². The molecule has 11 heteroatoms. The third-order valence-electron chi connectivity index (χ3n) is 7.07. The molecule has 3 aliphatic heterocycles. The second-order valence-electron chi connectivity index (χ2n) is 9.64. The molecule has 0 aromatic heterocycles. The number of hydrogen-bond donors (Lipinski definition) is 2. The summed E-state index contributed by atoms with van der Waals surface area (Å²) in [4.78, 5) is 42.4. The van der Waals surface area contributed by atoms with Crippen molar-refractivity contribution in [3.63, 3.8) is 0 Å². The van der Waals surface area contributed by atoms with Gasteiger partial charge in [0.05, 0.1) is 0 Å². The Morgan fingerprint density at radius 2 is 1.82 bits per heavy atom. The summed E-state index contributed by atoms with van der Waals surface area (Å²) >= 11 is 0. The van der Waals surface area contributed by atoms with Crippen LogP contribution in [0.1, 0.15) is 54.1 Å². The third-order valence-corrected chi connectivity index (χ3v) is 7.07. The number of imide groups is 1. The van der Waals surface area contributed by atoms with Crippen LogP contribution >= 0.6 is 0 Å². The first-order valence-corrected chi connectivity index (χ1v) is 12.7. The predicted octanol–water partition coefficient (Wildman–Crippen LogP) is 3.25. The Labute approximate surface area is 219 Å². The van der Waals surface area contributed by atoms with Crippen LogP contribution in [-0.4, -0.2) is 59.2 Å². The summed E-state index contributed by atoms with van der Waals surface area (Å²) in [6.45, 7) is 5.82. The van der Waals surface area contributed by atoms with E-state index >= 15 is 0 Å². The number of likely N-dealkylation sites (tertiary alicyclic amines) is 1. The van der Waals surface area contributed by atoms with E-state index in [1.54, 1.807) is 6.07 Å². The molecule has 0 saturated carbocycles. The molecule has 0 bridgehead atoms. The first-order valence-electron chi connectivity index (χ1n) is 12.7. The summed E-state index contributed by atoms with van der Waals surface area (Å²) in [5, 5.41) is 5.66. The Morgan fingerprint density at radius 1 is 1.05 bits per heavy atom. The zero-order valence-electron chi connectivity index (χ0n) is 21.1. The highest BCUT2D eigenvalue weighted by Gasteiger charge is 2.39. The molecule has 0 aliphatic carbocycles. The van der Waals surface area contributed by atoms with E-state index in [4.69, 9.17) is 0 Å². The van der Waals surface area contributed by atoms with Gasteiger partial charge in [-0.2, -0.15) is 0 Å². The van der Waals surface area contributed by atoms with Gasteiger partial charge >= 0.3 is 0 Å². The Morgan fingerprint density at radius 3 is 2.47 bits per heavy atom. The van der Waals surface area contributed by atoms with Crippen molar-refractivity contribution >= 4 is 17.7 Å². The van der Waals surface area contributed by atoms with Crippen molar-refractivity contribution < 1.29 is 32.6 Å². The molecule has 2 saturated heterocycles. The van der Waals surface area contributed by atoms with Gasteiger partial charge in [0, 0.05) is 47.3 Å². The predicted molar refractivity (Wildman–Crippen MR) is 133 cm³/mol. The van der Waals surface area contributed by atoms with Crippen molar-refractivity contribution in [3.8, 4) is 5.75 Å². The molecule has 2 N–H and O–H groups in total. The van der Waals surface area contributed by atoms with Gasteiger partial charge in [-0.1, -0.05) is 13.0 Å². The number of nitrogens with zero attached hydrogens (tertiary/aromatic N) is 2. The fraction of sp³-hybridized carbons (Fsp3) is 0.444. The molecule has 8 nitrogen and oxygen atoms in total. The van der Waals surface area contributed by atoms with E-state index in [1.807, 2.05) is 0 Å². The van der Waals surface area contributed by atoms with Crippen LogP contribution in [0.5, 0.6) is 5.75 Å². The maximum Gasteiger partial charge on any atom is 0.255 e. The van der Waals surface area contributed by atoms with Gasteiger partial charge in [0.2, 0.25) is 11.8 Å². The van der Waals surface area contributed by atoms with Crippen molar-refractivity contribution in [2.45, 2.75) is 57.8 Å². The number of hydrogen-bond acceptors (Lipinski definition) is 6. The molecule has 3 amide bonds. The number of benzene rings is 2. The number of nitrogens with one attached hydrogen (secondary N) is 2. The Hall–Kier alpha value is -3.44. The van der Waals surface area contributed by atoms with E-state index in [9.17, 15) is 27.7 Å². The summed E-state index contributed by atoms with van der Waals surface area (Å²) < 4.78 is 38.5. The van der Waals surface area contributed by atoms with Crippen LogP contribution < -0.4 is 15.6 Å². The van der Waals surface area contributed by atoms with Gasteiger partial charge < -0.3 is 10.2 Å². The van der Waals surface area contributed by atoms with E-state index in [2.05, 4.69) is 27.4 Å². The third kappa shape index (κ3) is 6.51. The maximum absolute atomic E-state index is 13.5. The minimum Gasteiger partial charge on any atom is -0.322 e. The van der Waals surface area contributed by atoms with Gasteiger partial charge in [-0.3, -0.25) is 29.5 Å². The molecule has 2 aromatic carbocycles. The second kappa shape index (κ2) is 12.4. The standard InChI is InChI=1S/C14H20F2N2.C13H11FN2O4/c1-2-17-13-5-7-18(8-6-13)10-11-3-4-12(15)9-14(11)16;14-20-8-1-2-9-7(5-8)6-16(13(9)19)10-3-4-11(17)15-12(10)18/h3-4,9,13,17H,2,5-8,10H2,1H3;1-2,5,10H,3-4,6H2,(H,15,17,18). The Balaban J connectivity index is 0.000000178. The first kappa shape index (κ1) is 27.6. The van der Waals surface area contributed by atoms with Gasteiger partial charge in [-0.25, -0.2) is 8.78 Å². The zero-order valence-corrected chi connectivity index (χ0v) is 21.1. The molecule has 1 atom stereocenters. The van der Waals surface area contributed by atoms with Crippen LogP contribution in [0.3, 0.4) is 0 Å². The lowest BCUT2D eigenvalue weighted by atomic mass is 10.0. The SMILES string of the molecule is CCNC1CCN(Cc2ccc(F)cc2F)CC1.O=C1CCC(N2Cc3cc(OF)ccc3C2=O)C(=O)N1. The molecule has 3 aliphatic rings. The lowest BCUT2D eigenvalue weighted by Gasteiger charge is -2.32. The van der Waals surface area contributed by atoms with Crippen LogP contribution in [0.2, 0.25) is 0 Å². The van der Waals surface area contributed by atoms with Crippen molar-refractivity contribution in [1.82, 2.24) is 20.4 Å². The van der Waals surface area contributed by atoms with Crippen LogP contribution in [0.4, 0.5) is 13.3 Å². The number of carbonyl (C=O) groups is 3. The molecule has 5 rings (SSSR count). The molecule has 2 fully saturated rings. The highest BCUT2D eigenvalue weighted by Crippen LogP contribution is 2.30. The quantitative estimate of drug-likeness (QED) is 0.556. The summed E-state index contributed by atoms with van der Waals surface area (Å²) in [7, 11) is 0. The van der Waals surface area contributed by atoms with Crippen LogP contribution in [-0.2, 0) is 22.7 Å². The number of rotatable bonds is 6. The largest absolute Gasteiger partial charge is 0.322 e. The summed E-state index contributed by atoms with van der Waals surface area (Å²) in [6.07, 6.45) is 2.69. The number of halogens is 3. The fourth-order valence-electron chi connectivity index (χ4n) is 5.07. The van der Waals surface area contributed by atoms with Crippen LogP contribution in [0, 0.1) is 11.6 Å². The van der Waals surface area contributed by atoms with Gasteiger partial charge in [0.25, 0.3) is 5.91 Å². The molecule has 204 valence electrons. The fourth-order valence-corrected chi connectivity index (χ4v) is 5.07. The monoisotopic (exact) mass is 532 g/mol. The molecule has 38 heavy (non-hydrogen) atoms. The molecule has 0 spiro atoms. The van der Waals surface area contributed by atoms with Crippen LogP contribution in [0.25, 0.3) is 0 Å². The number of fused-ring (bicyclic) bond motifs is 1. The summed E-state index contributed by atoms with van der Waals surface area (Å²) in [5.41, 5.74) is 1.61. The average molecular weight is 533 g/mol. The highest BCUT2D eigenvalue weighted by atomic mass is 19.3. The van der Waals surface area contributed by atoms with Gasteiger partial charge in [-0.15, -0.1) is 0 Å². The molecule has 3 heterocycles. The maximum atomic E-state index is 13.5. The smallest absolute Gasteiger partial charge is 0.255 e. The topological polar surface area (TPSA) is 91.0 Å². The van der Waals surface area contributed by atoms with E-state index in [-0.39, 0.29) is 30.5 Å². The van der Waals surface area contributed by atoms with E-state index in [0.29, 0.717) is 35.7 Å². The minimum absolute atomic E-state index is 0.0154. The lowest BCUT2D eigenvalue weighted by Crippen LogP contribution is -2.52. The normalized spacial score (nSPS) is 20.1. The summed E-state index contributed by atoms with van der Waals surface area (Å²) in [5.74, 6) is -2.03. The number of amides is 3. The minimum atomic E-state index is -0.664. The van der Waals surface area contributed by atoms with Crippen molar-refractivity contribution in [3.05, 3.63) is 64.7 Å². The van der Waals surface area contributed by atoms with E-state index in [0.717, 1.165) is 38.5 Å². The summed E-state index contributed by atoms with van der Waals surface area (Å²) in [6, 6.07) is 8.00. The van der Waals surface area contributed by atoms with Crippen LogP contribution in [0.15, 0.2) is 36.4 Å². The molecule has 1 unspecified atom stereocenters. The number of carbonyl (C=O) groups excluding carboxylic acids is 3. The molecule has 2 aromatic rings. The zero-order chi connectivity index (χ0) is 27.2. The first-order chi connectivity index (χ1) is 18.3. The Bertz CT molecular complexity index is 1190. The average Bonchev–Trinajstić information content (AvgIpc) is 3.22. The van der Waals surface area contributed by atoms with E-state index < -0.39 is 23.6 Å². The van der Waals surface area contributed by atoms with Gasteiger partial charge in [-0.05, 0) is 68.7 Å².